The molecular weight excluding hydrogens is 203 g/mol. The van der Waals surface area contributed by atoms with E-state index in [2.05, 4.69) is 25.3 Å². The number of rotatable bonds is 3. The van der Waals surface area contributed by atoms with Crippen molar-refractivity contribution >= 4 is 64.9 Å². The maximum absolute atomic E-state index is 10.1. The summed E-state index contributed by atoms with van der Waals surface area (Å²) in [6.45, 7) is 0. The Kier molecular flexibility index (Phi) is 8.72. The van der Waals surface area contributed by atoms with Crippen LogP contribution in [0.25, 0.3) is 0 Å². The first kappa shape index (κ1) is 14.2. The van der Waals surface area contributed by atoms with Crippen molar-refractivity contribution in [2.24, 2.45) is 0 Å². The van der Waals surface area contributed by atoms with Crippen LogP contribution in [0.3, 0.4) is 0 Å². The Morgan fingerprint density at radius 3 is 2.00 bits per heavy atom. The fourth-order valence-corrected chi connectivity index (χ4v) is 1.77. The van der Waals surface area contributed by atoms with E-state index in [1.807, 2.05) is 0 Å². The molecule has 10 heavy (non-hydrogen) atoms. The number of thiol groups is 2. The molecule has 0 aliphatic carbocycles. The van der Waals surface area contributed by atoms with Crippen LogP contribution in [0.2, 0.25) is 0 Å². The van der Waals surface area contributed by atoms with E-state index >= 15 is 0 Å². The summed E-state index contributed by atoms with van der Waals surface area (Å²) in [5.74, 6) is 0.00249. The molecule has 0 spiro atoms. The predicted octanol–water partition coefficient (Wildman–Crippen LogP) is -0.546. The van der Waals surface area contributed by atoms with E-state index in [0.717, 1.165) is 0 Å². The molecular formula is C3H9NaO3S3. The Morgan fingerprint density at radius 2 is 1.90 bits per heavy atom. The van der Waals surface area contributed by atoms with Gasteiger partial charge in [0.05, 0.1) is 5.75 Å². The first-order valence-corrected chi connectivity index (χ1v) is 4.95. The molecule has 0 aromatic heterocycles. The Morgan fingerprint density at radius 1 is 1.50 bits per heavy atom. The van der Waals surface area contributed by atoms with Crippen molar-refractivity contribution in [3.05, 3.63) is 0 Å². The molecule has 0 radical (unpaired) electrons. The van der Waals surface area contributed by atoms with Gasteiger partial charge in [-0.25, -0.2) is 0 Å². The summed E-state index contributed by atoms with van der Waals surface area (Å²) >= 11 is 7.58. The van der Waals surface area contributed by atoms with Gasteiger partial charge < -0.3 is 0 Å². The van der Waals surface area contributed by atoms with Crippen molar-refractivity contribution in [3.8, 4) is 0 Å². The second-order valence-corrected chi connectivity index (χ2v) is 4.18. The predicted molar refractivity (Wildman–Crippen MR) is 50.2 cm³/mol. The number of hydrogen-bond donors (Lipinski definition) is 3. The zero-order valence-corrected chi connectivity index (χ0v) is 7.16. The molecule has 0 heterocycles. The third kappa shape index (κ3) is 9.61. The van der Waals surface area contributed by atoms with Gasteiger partial charge in [0.15, 0.2) is 0 Å². The minimum atomic E-state index is -3.86. The second-order valence-electron chi connectivity index (χ2n) is 1.58. The number of hydrogen-bond acceptors (Lipinski definition) is 4. The first-order chi connectivity index (χ1) is 3.95. The van der Waals surface area contributed by atoms with Gasteiger partial charge in [0.25, 0.3) is 10.1 Å². The minimum absolute atomic E-state index is 0. The average molecular weight is 212 g/mol. The zero-order valence-electron chi connectivity index (χ0n) is 4.56. The van der Waals surface area contributed by atoms with Crippen LogP contribution in [0.5, 0.6) is 0 Å². The van der Waals surface area contributed by atoms with Gasteiger partial charge in [0, 0.05) is 11.0 Å². The summed E-state index contributed by atoms with van der Waals surface area (Å²) in [6.07, 6.45) is 0. The van der Waals surface area contributed by atoms with Crippen molar-refractivity contribution in [2.75, 3.05) is 11.5 Å². The van der Waals surface area contributed by atoms with Crippen LogP contribution in [-0.2, 0) is 10.1 Å². The monoisotopic (exact) mass is 212 g/mol. The molecule has 0 unspecified atom stereocenters. The molecule has 0 amide bonds. The fraction of sp³-hybridized carbons (Fsp3) is 1.00. The molecule has 0 aliphatic heterocycles. The van der Waals surface area contributed by atoms with Gasteiger partial charge in [-0.15, -0.1) is 0 Å². The molecule has 58 valence electrons. The summed E-state index contributed by atoms with van der Waals surface area (Å²) < 4.78 is 28.4. The molecule has 0 aromatic carbocycles. The second kappa shape index (κ2) is 6.16. The Bertz CT molecular complexity index is 166. The third-order valence-electron chi connectivity index (χ3n) is 0.614. The van der Waals surface area contributed by atoms with E-state index in [4.69, 9.17) is 4.55 Å². The summed E-state index contributed by atoms with van der Waals surface area (Å²) in [7, 11) is -3.86. The summed E-state index contributed by atoms with van der Waals surface area (Å²) in [4.78, 5) is 0. The summed E-state index contributed by atoms with van der Waals surface area (Å²) in [5.41, 5.74) is 0. The van der Waals surface area contributed by atoms with E-state index in [-0.39, 0.29) is 40.6 Å². The SMILES string of the molecule is O=S(=O)(O)C[C@@H](S)CS.[NaH]. The van der Waals surface area contributed by atoms with Gasteiger partial charge in [-0.05, 0) is 0 Å². The molecule has 7 heteroatoms. The van der Waals surface area contributed by atoms with Crippen LogP contribution in [0.15, 0.2) is 0 Å². The maximum atomic E-state index is 10.1. The Hall–Kier alpha value is 1.61. The molecule has 0 fully saturated rings. The topological polar surface area (TPSA) is 54.4 Å². The Balaban J connectivity index is 0. The molecule has 0 bridgehead atoms. The molecule has 1 atom stereocenters. The van der Waals surface area contributed by atoms with Crippen LogP contribution in [-0.4, -0.2) is 59.3 Å². The average Bonchev–Trinajstić information content (AvgIpc) is 1.62. The van der Waals surface area contributed by atoms with Crippen molar-refractivity contribution in [1.82, 2.24) is 0 Å². The van der Waals surface area contributed by atoms with E-state index < -0.39 is 10.1 Å². The normalized spacial score (nSPS) is 13.9. The van der Waals surface area contributed by atoms with Gasteiger partial charge >= 0.3 is 29.6 Å². The van der Waals surface area contributed by atoms with Gasteiger partial charge in [0.2, 0.25) is 0 Å². The van der Waals surface area contributed by atoms with Crippen LogP contribution >= 0.6 is 25.3 Å². The molecule has 0 rings (SSSR count). The van der Waals surface area contributed by atoms with Crippen LogP contribution in [0.4, 0.5) is 0 Å². The van der Waals surface area contributed by atoms with Crippen molar-refractivity contribution in [1.29, 1.82) is 0 Å². The third-order valence-corrected chi connectivity index (χ3v) is 2.78. The first-order valence-electron chi connectivity index (χ1n) is 2.20. The summed E-state index contributed by atoms with van der Waals surface area (Å²) in [5, 5.41) is -0.386. The molecule has 0 aliphatic rings. The zero-order chi connectivity index (χ0) is 7.49. The van der Waals surface area contributed by atoms with Gasteiger partial charge in [-0.3, -0.25) is 4.55 Å². The van der Waals surface area contributed by atoms with E-state index in [0.29, 0.717) is 5.75 Å². The van der Waals surface area contributed by atoms with Crippen molar-refractivity contribution < 1.29 is 13.0 Å². The van der Waals surface area contributed by atoms with Crippen LogP contribution < -0.4 is 0 Å². The molecule has 1 N–H and O–H groups in total. The van der Waals surface area contributed by atoms with E-state index in [1.54, 1.807) is 0 Å². The van der Waals surface area contributed by atoms with E-state index in [1.165, 1.54) is 0 Å². The van der Waals surface area contributed by atoms with Gasteiger partial charge in [-0.2, -0.15) is 33.7 Å². The Labute approximate surface area is 93.8 Å². The molecule has 0 aromatic rings. The van der Waals surface area contributed by atoms with Crippen molar-refractivity contribution in [3.63, 3.8) is 0 Å². The standard InChI is InChI=1S/C3H8O3S3.Na.H/c4-9(5,6)2-3(8)1-7;;/h3,7-8H,1-2H2,(H,4,5,6);;/t3-;;/m0../s1. The van der Waals surface area contributed by atoms with E-state index in [9.17, 15) is 8.42 Å². The fourth-order valence-electron chi connectivity index (χ4n) is 0.296. The van der Waals surface area contributed by atoms with Crippen LogP contribution in [0, 0.1) is 0 Å². The quantitative estimate of drug-likeness (QED) is 0.334. The van der Waals surface area contributed by atoms with Crippen molar-refractivity contribution in [2.45, 2.75) is 5.25 Å². The molecule has 0 saturated carbocycles. The summed E-state index contributed by atoms with van der Waals surface area (Å²) in [6, 6.07) is 0. The van der Waals surface area contributed by atoms with Crippen LogP contribution in [0.1, 0.15) is 0 Å². The van der Waals surface area contributed by atoms with Gasteiger partial charge in [-0.1, -0.05) is 0 Å². The molecule has 0 saturated heterocycles. The van der Waals surface area contributed by atoms with Gasteiger partial charge in [0.1, 0.15) is 0 Å². The molecule has 3 nitrogen and oxygen atoms in total.